The van der Waals surface area contributed by atoms with Crippen molar-refractivity contribution in [2.75, 3.05) is 12.4 Å². The smallest absolute Gasteiger partial charge is 0.209 e. The van der Waals surface area contributed by atoms with Crippen LogP contribution in [-0.4, -0.2) is 49.9 Å². The zero-order valence-corrected chi connectivity index (χ0v) is 9.94. The molecule has 0 aromatic carbocycles. The molecule has 86 valence electrons. The predicted octanol–water partition coefficient (Wildman–Crippen LogP) is 0.0881. The van der Waals surface area contributed by atoms with Crippen molar-refractivity contribution in [3.8, 4) is 0 Å². The maximum absolute atomic E-state index is 9.56. The third kappa shape index (κ3) is 4.59. The predicted molar refractivity (Wildman–Crippen MR) is 56.6 cm³/mol. The van der Waals surface area contributed by atoms with E-state index in [1.807, 2.05) is 13.8 Å². The van der Waals surface area contributed by atoms with E-state index in [1.54, 1.807) is 11.7 Å². The van der Waals surface area contributed by atoms with Gasteiger partial charge in [0.2, 0.25) is 5.16 Å². The molecule has 0 saturated carbocycles. The van der Waals surface area contributed by atoms with Crippen molar-refractivity contribution in [3.63, 3.8) is 0 Å². The van der Waals surface area contributed by atoms with Crippen LogP contribution in [-0.2, 0) is 11.8 Å². The molecule has 1 heterocycles. The Balaban J connectivity index is 2.22. The molecule has 0 radical (unpaired) electrons. The number of aliphatic hydroxyl groups is 1. The Hall–Kier alpha value is -0.660. The summed E-state index contributed by atoms with van der Waals surface area (Å²) in [6.45, 7) is 4.22. The highest BCUT2D eigenvalue weighted by molar-refractivity contribution is 7.99. The zero-order chi connectivity index (χ0) is 11.3. The minimum absolute atomic E-state index is 0.140. The van der Waals surface area contributed by atoms with Gasteiger partial charge in [0.15, 0.2) is 0 Å². The Morgan fingerprint density at radius 3 is 2.80 bits per heavy atom. The number of aromatic nitrogens is 4. The van der Waals surface area contributed by atoms with Crippen LogP contribution < -0.4 is 0 Å². The van der Waals surface area contributed by atoms with Gasteiger partial charge in [0.25, 0.3) is 0 Å². The lowest BCUT2D eigenvalue weighted by Crippen LogP contribution is -2.20. The Morgan fingerprint density at radius 2 is 2.27 bits per heavy atom. The van der Waals surface area contributed by atoms with Gasteiger partial charge < -0.3 is 9.84 Å². The topological polar surface area (TPSA) is 73.1 Å². The molecule has 1 aromatic rings. The number of rotatable bonds is 6. The van der Waals surface area contributed by atoms with E-state index in [4.69, 9.17) is 4.74 Å². The summed E-state index contributed by atoms with van der Waals surface area (Å²) in [7, 11) is 1.76. The van der Waals surface area contributed by atoms with Crippen LogP contribution in [0.25, 0.3) is 0 Å². The molecule has 1 aromatic heterocycles. The first kappa shape index (κ1) is 12.4. The SMILES string of the molecule is CC(C)OCC(O)CSc1nnnn1C. The van der Waals surface area contributed by atoms with Crippen molar-refractivity contribution in [1.29, 1.82) is 0 Å². The van der Waals surface area contributed by atoms with Crippen molar-refractivity contribution in [2.45, 2.75) is 31.2 Å². The second-order valence-corrected chi connectivity index (χ2v) is 4.42. The highest BCUT2D eigenvalue weighted by Crippen LogP contribution is 2.13. The first-order valence-electron chi connectivity index (χ1n) is 4.74. The summed E-state index contributed by atoms with van der Waals surface area (Å²) in [5.74, 6) is 0.529. The van der Waals surface area contributed by atoms with E-state index in [0.29, 0.717) is 17.5 Å². The van der Waals surface area contributed by atoms with E-state index in [-0.39, 0.29) is 6.10 Å². The number of hydrogen-bond acceptors (Lipinski definition) is 6. The number of nitrogens with zero attached hydrogens (tertiary/aromatic N) is 4. The highest BCUT2D eigenvalue weighted by Gasteiger charge is 2.09. The highest BCUT2D eigenvalue weighted by atomic mass is 32.2. The van der Waals surface area contributed by atoms with Gasteiger partial charge in [0.05, 0.1) is 18.8 Å². The molecule has 0 aliphatic carbocycles. The van der Waals surface area contributed by atoms with Gasteiger partial charge in [-0.2, -0.15) is 0 Å². The maximum Gasteiger partial charge on any atom is 0.209 e. The van der Waals surface area contributed by atoms with Gasteiger partial charge in [-0.1, -0.05) is 11.8 Å². The first-order chi connectivity index (χ1) is 7.09. The third-order valence-electron chi connectivity index (χ3n) is 1.61. The molecule has 1 rings (SSSR count). The average molecular weight is 232 g/mol. The van der Waals surface area contributed by atoms with Crippen molar-refractivity contribution in [3.05, 3.63) is 0 Å². The summed E-state index contributed by atoms with van der Waals surface area (Å²) in [6.07, 6.45) is -0.352. The Kier molecular flexibility index (Phi) is 5.00. The lowest BCUT2D eigenvalue weighted by molar-refractivity contribution is 0.0152. The normalized spacial score (nSPS) is 13.4. The van der Waals surface area contributed by atoms with Crippen LogP contribution in [0.5, 0.6) is 0 Å². The second kappa shape index (κ2) is 6.04. The molecule has 6 nitrogen and oxygen atoms in total. The zero-order valence-electron chi connectivity index (χ0n) is 9.12. The van der Waals surface area contributed by atoms with E-state index < -0.39 is 6.10 Å². The minimum Gasteiger partial charge on any atom is -0.390 e. The monoisotopic (exact) mass is 232 g/mol. The first-order valence-corrected chi connectivity index (χ1v) is 5.73. The summed E-state index contributed by atoms with van der Waals surface area (Å²) in [4.78, 5) is 0. The molecular weight excluding hydrogens is 216 g/mol. The van der Waals surface area contributed by atoms with E-state index >= 15 is 0 Å². The Bertz CT molecular complexity index is 292. The Morgan fingerprint density at radius 1 is 1.53 bits per heavy atom. The lowest BCUT2D eigenvalue weighted by atomic mass is 10.4. The van der Waals surface area contributed by atoms with Crippen LogP contribution in [0.1, 0.15) is 13.8 Å². The number of thioether (sulfide) groups is 1. The summed E-state index contributed by atoms with van der Waals surface area (Å²) in [5, 5.41) is 21.2. The second-order valence-electron chi connectivity index (χ2n) is 3.43. The molecule has 0 aliphatic heterocycles. The van der Waals surface area contributed by atoms with Gasteiger partial charge in [-0.25, -0.2) is 4.68 Å². The molecule has 0 bridgehead atoms. The van der Waals surface area contributed by atoms with Crippen LogP contribution >= 0.6 is 11.8 Å². The minimum atomic E-state index is -0.492. The van der Waals surface area contributed by atoms with Gasteiger partial charge in [-0.3, -0.25) is 0 Å². The van der Waals surface area contributed by atoms with Crippen LogP contribution in [0.3, 0.4) is 0 Å². The average Bonchev–Trinajstić information content (AvgIpc) is 2.58. The van der Waals surface area contributed by atoms with E-state index in [2.05, 4.69) is 15.5 Å². The van der Waals surface area contributed by atoms with E-state index in [0.717, 1.165) is 0 Å². The van der Waals surface area contributed by atoms with Gasteiger partial charge in [-0.15, -0.1) is 5.10 Å². The molecule has 0 amide bonds. The number of hydrogen-bond donors (Lipinski definition) is 1. The van der Waals surface area contributed by atoms with Crippen molar-refractivity contribution in [1.82, 2.24) is 20.2 Å². The van der Waals surface area contributed by atoms with Crippen LogP contribution in [0.4, 0.5) is 0 Å². The molecule has 0 saturated heterocycles. The van der Waals surface area contributed by atoms with E-state index in [1.165, 1.54) is 11.8 Å². The quantitative estimate of drug-likeness (QED) is 0.701. The van der Waals surface area contributed by atoms with Crippen LogP contribution in [0.2, 0.25) is 0 Å². The number of aryl methyl sites for hydroxylation is 1. The molecule has 1 unspecified atom stereocenters. The summed E-state index contributed by atoms with van der Waals surface area (Å²) < 4.78 is 6.85. The summed E-state index contributed by atoms with van der Waals surface area (Å²) >= 11 is 1.41. The van der Waals surface area contributed by atoms with Crippen molar-refractivity contribution in [2.24, 2.45) is 7.05 Å². The fraction of sp³-hybridized carbons (Fsp3) is 0.875. The fourth-order valence-electron chi connectivity index (χ4n) is 0.866. The van der Waals surface area contributed by atoms with Gasteiger partial charge in [-0.05, 0) is 24.3 Å². The molecule has 1 atom stereocenters. The molecular formula is C8H16N4O2S. The Labute approximate surface area is 93.0 Å². The van der Waals surface area contributed by atoms with Crippen molar-refractivity contribution < 1.29 is 9.84 Å². The molecule has 15 heavy (non-hydrogen) atoms. The number of ether oxygens (including phenoxy) is 1. The van der Waals surface area contributed by atoms with Crippen molar-refractivity contribution >= 4 is 11.8 Å². The van der Waals surface area contributed by atoms with Gasteiger partial charge >= 0.3 is 0 Å². The summed E-state index contributed by atoms with van der Waals surface area (Å²) in [5.41, 5.74) is 0. The molecule has 7 heteroatoms. The number of aliphatic hydroxyl groups excluding tert-OH is 1. The van der Waals surface area contributed by atoms with Gasteiger partial charge in [0, 0.05) is 12.8 Å². The largest absolute Gasteiger partial charge is 0.390 e. The maximum atomic E-state index is 9.56. The molecule has 0 fully saturated rings. The number of tetrazole rings is 1. The van der Waals surface area contributed by atoms with Crippen LogP contribution in [0, 0.1) is 0 Å². The summed E-state index contributed by atoms with van der Waals surface area (Å²) in [6, 6.07) is 0. The molecule has 0 aliphatic rings. The standard InChI is InChI=1S/C8H16N4O2S/c1-6(2)14-4-7(13)5-15-8-9-10-11-12(8)3/h6-7,13H,4-5H2,1-3H3. The third-order valence-corrected chi connectivity index (χ3v) is 2.76. The fourth-order valence-corrected chi connectivity index (χ4v) is 1.62. The van der Waals surface area contributed by atoms with Crippen LogP contribution in [0.15, 0.2) is 5.16 Å². The molecule has 0 spiro atoms. The lowest BCUT2D eigenvalue weighted by Gasteiger charge is -2.12. The van der Waals surface area contributed by atoms with E-state index in [9.17, 15) is 5.11 Å². The van der Waals surface area contributed by atoms with Gasteiger partial charge in [0.1, 0.15) is 0 Å². The molecule has 1 N–H and O–H groups in total.